The summed E-state index contributed by atoms with van der Waals surface area (Å²) in [5.41, 5.74) is 6.46. The Hall–Kier alpha value is -1.64. The molecule has 0 bridgehead atoms. The number of phenolic OH excluding ortho intramolecular Hbond substituents is 2. The number of hydrogen-bond acceptors (Lipinski definition) is 6. The predicted molar refractivity (Wildman–Crippen MR) is 79.9 cm³/mol. The van der Waals surface area contributed by atoms with Gasteiger partial charge in [-0.3, -0.25) is 4.79 Å². The molecule has 1 aromatic heterocycles. The molecule has 1 amide bonds. The first-order valence-electron chi connectivity index (χ1n) is 5.64. The highest BCUT2D eigenvalue weighted by molar-refractivity contribution is 9.11. The van der Waals surface area contributed by atoms with E-state index in [2.05, 4.69) is 26.2 Å². The maximum absolute atomic E-state index is 11.9. The number of hydrogen-bond donors (Lipinski definition) is 4. The molecule has 0 radical (unpaired) electrons. The van der Waals surface area contributed by atoms with Gasteiger partial charge in [0.15, 0.2) is 16.6 Å². The number of carbonyl (C=O) groups is 1. The Bertz CT molecular complexity index is 632. The van der Waals surface area contributed by atoms with Crippen molar-refractivity contribution in [3.63, 3.8) is 0 Å². The normalized spacial score (nSPS) is 12.1. The first-order valence-corrected chi connectivity index (χ1v) is 7.25. The van der Waals surface area contributed by atoms with Crippen LogP contribution in [0.2, 0.25) is 0 Å². The average molecular weight is 358 g/mol. The second-order valence-corrected chi connectivity index (χ2v) is 6.50. The van der Waals surface area contributed by atoms with E-state index in [9.17, 15) is 15.0 Å². The SMILES string of the molecule is N[C@@H](Cc1ccc(O)c(O)c1)C(=O)Nc1ncc(Br)s1. The number of aromatic hydroxyl groups is 2. The number of amides is 1. The average Bonchev–Trinajstić information content (AvgIpc) is 2.79. The van der Waals surface area contributed by atoms with Gasteiger partial charge in [0.2, 0.25) is 5.91 Å². The monoisotopic (exact) mass is 357 g/mol. The highest BCUT2D eigenvalue weighted by atomic mass is 79.9. The Balaban J connectivity index is 1.98. The van der Waals surface area contributed by atoms with Crippen LogP contribution in [-0.4, -0.2) is 27.1 Å². The largest absolute Gasteiger partial charge is 0.504 e. The first-order chi connectivity index (χ1) is 9.45. The smallest absolute Gasteiger partial charge is 0.243 e. The summed E-state index contributed by atoms with van der Waals surface area (Å²) in [6, 6.07) is 3.55. The molecular weight excluding hydrogens is 346 g/mol. The third-order valence-corrected chi connectivity index (χ3v) is 3.93. The number of carbonyl (C=O) groups excluding carboxylic acids is 1. The van der Waals surface area contributed by atoms with Gasteiger partial charge in [-0.15, -0.1) is 0 Å². The lowest BCUT2D eigenvalue weighted by Gasteiger charge is -2.11. The summed E-state index contributed by atoms with van der Waals surface area (Å²) < 4.78 is 0.810. The molecule has 1 aromatic carbocycles. The van der Waals surface area contributed by atoms with Crippen LogP contribution in [0.1, 0.15) is 5.56 Å². The number of benzene rings is 1. The Labute approximate surface area is 127 Å². The number of aromatic nitrogens is 1. The minimum Gasteiger partial charge on any atom is -0.504 e. The maximum Gasteiger partial charge on any atom is 0.243 e. The van der Waals surface area contributed by atoms with E-state index in [1.165, 1.54) is 23.5 Å². The van der Waals surface area contributed by atoms with E-state index < -0.39 is 6.04 Å². The van der Waals surface area contributed by atoms with Gasteiger partial charge in [-0.25, -0.2) is 4.98 Å². The molecule has 20 heavy (non-hydrogen) atoms. The van der Waals surface area contributed by atoms with Gasteiger partial charge in [-0.1, -0.05) is 17.4 Å². The van der Waals surface area contributed by atoms with Gasteiger partial charge in [-0.2, -0.15) is 0 Å². The lowest BCUT2D eigenvalue weighted by molar-refractivity contribution is -0.117. The fourth-order valence-electron chi connectivity index (χ4n) is 1.55. The minimum absolute atomic E-state index is 0.209. The fourth-order valence-corrected chi connectivity index (χ4v) is 2.66. The van der Waals surface area contributed by atoms with Gasteiger partial charge in [0.1, 0.15) is 0 Å². The van der Waals surface area contributed by atoms with Crippen LogP contribution in [0.3, 0.4) is 0 Å². The Morgan fingerprint density at radius 1 is 1.45 bits per heavy atom. The molecule has 0 saturated carbocycles. The molecule has 0 aliphatic rings. The van der Waals surface area contributed by atoms with Gasteiger partial charge >= 0.3 is 0 Å². The van der Waals surface area contributed by atoms with Gasteiger partial charge < -0.3 is 21.3 Å². The topological polar surface area (TPSA) is 108 Å². The van der Waals surface area contributed by atoms with Crippen LogP contribution in [-0.2, 0) is 11.2 Å². The molecule has 0 spiro atoms. The van der Waals surface area contributed by atoms with Crippen molar-refractivity contribution in [1.82, 2.24) is 4.98 Å². The number of anilines is 1. The molecule has 0 saturated heterocycles. The molecule has 1 heterocycles. The summed E-state index contributed by atoms with van der Waals surface area (Å²) in [5.74, 6) is -0.808. The molecular formula is C12H12BrN3O3S. The second-order valence-electron chi connectivity index (χ2n) is 4.09. The quantitative estimate of drug-likeness (QED) is 0.624. The number of nitrogens with one attached hydrogen (secondary N) is 1. The molecule has 8 heteroatoms. The second kappa shape index (κ2) is 6.21. The van der Waals surface area contributed by atoms with Crippen LogP contribution in [0, 0.1) is 0 Å². The Morgan fingerprint density at radius 2 is 2.20 bits per heavy atom. The summed E-state index contributed by atoms with van der Waals surface area (Å²) in [7, 11) is 0. The van der Waals surface area contributed by atoms with E-state index in [1.54, 1.807) is 12.3 Å². The molecule has 5 N–H and O–H groups in total. The zero-order valence-corrected chi connectivity index (χ0v) is 12.6. The van der Waals surface area contributed by atoms with Gasteiger partial charge in [0.25, 0.3) is 0 Å². The summed E-state index contributed by atoms with van der Waals surface area (Å²) in [6.45, 7) is 0. The molecule has 2 rings (SSSR count). The molecule has 6 nitrogen and oxygen atoms in total. The Kier molecular flexibility index (Phi) is 4.58. The molecule has 0 aliphatic heterocycles. The number of phenols is 2. The van der Waals surface area contributed by atoms with Crippen molar-refractivity contribution in [2.45, 2.75) is 12.5 Å². The van der Waals surface area contributed by atoms with Crippen LogP contribution in [0.4, 0.5) is 5.13 Å². The van der Waals surface area contributed by atoms with Crippen molar-refractivity contribution in [1.29, 1.82) is 0 Å². The lowest BCUT2D eigenvalue weighted by Crippen LogP contribution is -2.37. The van der Waals surface area contributed by atoms with E-state index in [1.807, 2.05) is 0 Å². The van der Waals surface area contributed by atoms with Crippen molar-refractivity contribution >= 4 is 38.3 Å². The van der Waals surface area contributed by atoms with E-state index >= 15 is 0 Å². The van der Waals surface area contributed by atoms with Crippen LogP contribution in [0.5, 0.6) is 11.5 Å². The third-order valence-electron chi connectivity index (χ3n) is 2.54. The molecule has 106 valence electrons. The van der Waals surface area contributed by atoms with Crippen molar-refractivity contribution in [3.05, 3.63) is 33.7 Å². The van der Waals surface area contributed by atoms with Crippen molar-refractivity contribution < 1.29 is 15.0 Å². The minimum atomic E-state index is -0.776. The van der Waals surface area contributed by atoms with Gasteiger partial charge in [-0.05, 0) is 40.0 Å². The molecule has 0 aliphatic carbocycles. The number of nitrogens with two attached hydrogens (primary N) is 1. The van der Waals surface area contributed by atoms with E-state index in [0.29, 0.717) is 10.7 Å². The van der Waals surface area contributed by atoms with Crippen LogP contribution < -0.4 is 11.1 Å². The van der Waals surface area contributed by atoms with Crippen molar-refractivity contribution in [3.8, 4) is 11.5 Å². The fraction of sp³-hybridized carbons (Fsp3) is 0.167. The summed E-state index contributed by atoms with van der Waals surface area (Å²) in [4.78, 5) is 15.9. The molecule has 0 fully saturated rings. The Morgan fingerprint density at radius 3 is 2.80 bits per heavy atom. The van der Waals surface area contributed by atoms with Crippen molar-refractivity contribution in [2.24, 2.45) is 5.73 Å². The van der Waals surface area contributed by atoms with Gasteiger partial charge in [0, 0.05) is 0 Å². The number of nitrogens with zero attached hydrogens (tertiary/aromatic N) is 1. The summed E-state index contributed by atoms with van der Waals surface area (Å²) in [6.07, 6.45) is 1.83. The van der Waals surface area contributed by atoms with Crippen LogP contribution in [0.25, 0.3) is 0 Å². The zero-order chi connectivity index (χ0) is 14.7. The van der Waals surface area contributed by atoms with E-state index in [-0.39, 0.29) is 23.8 Å². The number of thiazole rings is 1. The molecule has 1 atom stereocenters. The molecule has 2 aromatic rings. The van der Waals surface area contributed by atoms with E-state index in [4.69, 9.17) is 5.73 Å². The van der Waals surface area contributed by atoms with Crippen LogP contribution in [0.15, 0.2) is 28.2 Å². The summed E-state index contributed by atoms with van der Waals surface area (Å²) >= 11 is 4.54. The highest BCUT2D eigenvalue weighted by Crippen LogP contribution is 2.26. The summed E-state index contributed by atoms with van der Waals surface area (Å²) in [5, 5.41) is 21.7. The molecule has 0 unspecified atom stereocenters. The maximum atomic E-state index is 11.9. The number of halogens is 1. The van der Waals surface area contributed by atoms with Crippen molar-refractivity contribution in [2.75, 3.05) is 5.32 Å². The van der Waals surface area contributed by atoms with E-state index in [0.717, 1.165) is 3.79 Å². The first kappa shape index (κ1) is 14.8. The zero-order valence-electron chi connectivity index (χ0n) is 10.2. The van der Waals surface area contributed by atoms with Crippen LogP contribution >= 0.6 is 27.3 Å². The predicted octanol–water partition coefficient (Wildman–Crippen LogP) is 1.83. The lowest BCUT2D eigenvalue weighted by atomic mass is 10.1. The third kappa shape index (κ3) is 3.69. The number of rotatable bonds is 4. The standard InChI is InChI=1S/C12H12BrN3O3S/c13-10-5-15-12(20-10)16-11(19)7(14)3-6-1-2-8(17)9(18)4-6/h1-2,4-5,7,17-18H,3,14H2,(H,15,16,19)/t7-/m0/s1. The highest BCUT2D eigenvalue weighted by Gasteiger charge is 2.16. The van der Waals surface area contributed by atoms with Gasteiger partial charge in [0.05, 0.1) is 16.0 Å².